The number of nitrogens with zero attached hydrogens (tertiary/aromatic N) is 3. The topological polar surface area (TPSA) is 160 Å². The van der Waals surface area contributed by atoms with E-state index in [2.05, 4.69) is 20.0 Å². The second-order valence-electron chi connectivity index (χ2n) is 15.7. The molecule has 1 saturated heterocycles. The first kappa shape index (κ1) is 38.3. The van der Waals surface area contributed by atoms with Gasteiger partial charge in [-0.1, -0.05) is 24.3 Å². The van der Waals surface area contributed by atoms with E-state index in [1.165, 1.54) is 24.3 Å². The van der Waals surface area contributed by atoms with Crippen LogP contribution in [0.1, 0.15) is 74.4 Å². The highest BCUT2D eigenvalue weighted by molar-refractivity contribution is 7.92. The normalized spacial score (nSPS) is 18.5. The fourth-order valence-corrected chi connectivity index (χ4v) is 8.35. The number of anilines is 1. The summed E-state index contributed by atoms with van der Waals surface area (Å²) in [5.41, 5.74) is -0.0985. The molecule has 53 heavy (non-hydrogen) atoms. The van der Waals surface area contributed by atoms with E-state index in [-0.39, 0.29) is 65.7 Å². The minimum absolute atomic E-state index is 0.0212. The van der Waals surface area contributed by atoms with Gasteiger partial charge in [-0.3, -0.25) is 0 Å². The smallest absolute Gasteiger partial charge is 0.410 e. The van der Waals surface area contributed by atoms with Gasteiger partial charge < -0.3 is 24.8 Å². The van der Waals surface area contributed by atoms with Gasteiger partial charge in [0, 0.05) is 42.2 Å². The SMILES string of the molecule is Cc1cccc(C)c1-c1cc(OC[C@@H](CC2(C(F)(F)F)CC2)NC2CC3(C2)CN(C(=O)OC(C)(C)C)C3)nc(NS(=O)(=O)c2cccc(C(=O)O)c2)n1. The lowest BCUT2D eigenvalue weighted by Crippen LogP contribution is -2.68. The van der Waals surface area contributed by atoms with Crippen LogP contribution in [0.5, 0.6) is 5.88 Å². The summed E-state index contributed by atoms with van der Waals surface area (Å²) in [4.78, 5) is 34.0. The molecule has 1 atom stereocenters. The number of alkyl halides is 3. The average Bonchev–Trinajstić information content (AvgIpc) is 3.80. The minimum atomic E-state index is -4.39. The van der Waals surface area contributed by atoms with Crippen molar-refractivity contribution in [1.29, 1.82) is 0 Å². The molecule has 3 aliphatic rings. The number of aromatic nitrogens is 2. The molecule has 3 N–H and O–H groups in total. The molecule has 0 radical (unpaired) electrons. The Bertz CT molecular complexity index is 1980. The van der Waals surface area contributed by atoms with Gasteiger partial charge in [0.1, 0.15) is 12.2 Å². The predicted octanol–water partition coefficient (Wildman–Crippen LogP) is 6.73. The fourth-order valence-electron chi connectivity index (χ4n) is 7.36. The number of sulfonamides is 1. The maximum atomic E-state index is 14.2. The van der Waals surface area contributed by atoms with Crippen molar-refractivity contribution in [3.8, 4) is 17.1 Å². The summed E-state index contributed by atoms with van der Waals surface area (Å²) < 4.78 is 83.2. The number of amides is 1. The van der Waals surface area contributed by atoms with Crippen molar-refractivity contribution < 1.29 is 45.8 Å². The van der Waals surface area contributed by atoms with Gasteiger partial charge in [0.2, 0.25) is 11.8 Å². The number of benzene rings is 2. The molecule has 1 amide bonds. The molecule has 2 heterocycles. The molecule has 2 saturated carbocycles. The molecule has 3 aromatic rings. The van der Waals surface area contributed by atoms with E-state index in [0.29, 0.717) is 37.2 Å². The van der Waals surface area contributed by atoms with Crippen LogP contribution in [0.4, 0.5) is 23.9 Å². The lowest BCUT2D eigenvalue weighted by molar-refractivity contribution is -0.191. The number of carbonyl (C=O) groups is 2. The van der Waals surface area contributed by atoms with E-state index in [1.807, 2.05) is 32.0 Å². The third kappa shape index (κ3) is 8.53. The Morgan fingerprint density at radius 2 is 1.66 bits per heavy atom. The molecule has 3 fully saturated rings. The first-order valence-electron chi connectivity index (χ1n) is 17.4. The number of hydrogen-bond donors (Lipinski definition) is 3. The number of halogens is 3. The third-order valence-electron chi connectivity index (χ3n) is 10.1. The summed E-state index contributed by atoms with van der Waals surface area (Å²) in [6.45, 7) is 9.97. The highest BCUT2D eigenvalue weighted by Gasteiger charge is 2.64. The molecule has 1 aliphatic heterocycles. The molecule has 286 valence electrons. The van der Waals surface area contributed by atoms with E-state index < -0.39 is 39.2 Å². The number of carboxylic acid groups (broad SMARTS) is 1. The highest BCUT2D eigenvalue weighted by Crippen LogP contribution is 2.60. The number of aryl methyl sites for hydroxylation is 2. The van der Waals surface area contributed by atoms with Crippen molar-refractivity contribution in [3.05, 3.63) is 65.2 Å². The van der Waals surface area contributed by atoms with E-state index >= 15 is 0 Å². The summed E-state index contributed by atoms with van der Waals surface area (Å²) in [5, 5.41) is 12.8. The van der Waals surface area contributed by atoms with Gasteiger partial charge in [-0.05, 0) is 96.0 Å². The maximum absolute atomic E-state index is 14.2. The summed E-state index contributed by atoms with van der Waals surface area (Å²) in [7, 11) is -4.37. The van der Waals surface area contributed by atoms with Crippen LogP contribution in [0.15, 0.2) is 53.4 Å². The number of ether oxygens (including phenoxy) is 2. The number of carboxylic acids is 1. The van der Waals surface area contributed by atoms with Crippen molar-refractivity contribution >= 4 is 28.0 Å². The number of hydrogen-bond acceptors (Lipinski definition) is 9. The van der Waals surface area contributed by atoms with Crippen LogP contribution in [-0.2, 0) is 14.8 Å². The van der Waals surface area contributed by atoms with E-state index in [0.717, 1.165) is 17.2 Å². The molecule has 0 bridgehead atoms. The number of nitrogens with one attached hydrogen (secondary N) is 2. The van der Waals surface area contributed by atoms with Crippen LogP contribution in [0.25, 0.3) is 11.3 Å². The standard InChI is InChI=1S/C37H44F3N5O7S/c1-22-8-6-9-23(2)30(22)28-15-29(43-32(42-28)44-53(49,50)27-11-7-10-24(14-27)31(46)47)51-19-26(18-36(12-13-36)37(38,39)40)41-25-16-35(17-25)20-45(21-35)33(48)52-34(3,4)5/h6-11,14-15,25-26,41H,12-13,16-21H2,1-5H3,(H,46,47)(H,42,43,44)/t26-/m1/s1. The molecular weight excluding hydrogens is 715 g/mol. The highest BCUT2D eigenvalue weighted by atomic mass is 32.2. The summed E-state index contributed by atoms with van der Waals surface area (Å²) >= 11 is 0. The van der Waals surface area contributed by atoms with Crippen LogP contribution in [0.3, 0.4) is 0 Å². The van der Waals surface area contributed by atoms with Crippen LogP contribution < -0.4 is 14.8 Å². The molecule has 2 aromatic carbocycles. The first-order valence-corrected chi connectivity index (χ1v) is 18.9. The monoisotopic (exact) mass is 759 g/mol. The number of rotatable bonds is 12. The molecule has 1 spiro atoms. The Morgan fingerprint density at radius 3 is 2.25 bits per heavy atom. The number of aromatic carboxylic acids is 1. The van der Waals surface area contributed by atoms with Gasteiger partial charge in [-0.2, -0.15) is 18.2 Å². The molecule has 0 unspecified atom stereocenters. The van der Waals surface area contributed by atoms with Crippen LogP contribution >= 0.6 is 0 Å². The van der Waals surface area contributed by atoms with E-state index in [4.69, 9.17) is 9.47 Å². The number of carbonyl (C=O) groups excluding carboxylic acids is 1. The van der Waals surface area contributed by atoms with Gasteiger partial charge in [0.25, 0.3) is 10.0 Å². The Balaban J connectivity index is 1.22. The largest absolute Gasteiger partial charge is 0.478 e. The molecule has 16 heteroatoms. The first-order chi connectivity index (χ1) is 24.7. The van der Waals surface area contributed by atoms with Crippen LogP contribution in [-0.4, -0.2) is 84.0 Å². The maximum Gasteiger partial charge on any atom is 0.410 e. The predicted molar refractivity (Wildman–Crippen MR) is 189 cm³/mol. The Labute approximate surface area is 306 Å². The van der Waals surface area contributed by atoms with Crippen molar-refractivity contribution in [2.75, 3.05) is 24.4 Å². The molecular formula is C37H44F3N5O7S. The van der Waals surface area contributed by atoms with Crippen molar-refractivity contribution in [1.82, 2.24) is 20.2 Å². The number of likely N-dealkylation sites (tertiary alicyclic amines) is 1. The van der Waals surface area contributed by atoms with E-state index in [9.17, 15) is 36.3 Å². The van der Waals surface area contributed by atoms with Crippen molar-refractivity contribution in [3.63, 3.8) is 0 Å². The lowest BCUT2D eigenvalue weighted by Gasteiger charge is -2.59. The zero-order valence-corrected chi connectivity index (χ0v) is 31.0. The zero-order chi connectivity index (χ0) is 38.6. The Morgan fingerprint density at radius 1 is 1.02 bits per heavy atom. The molecule has 1 aromatic heterocycles. The van der Waals surface area contributed by atoms with Crippen molar-refractivity contribution in [2.45, 2.75) is 95.5 Å². The molecule has 12 nitrogen and oxygen atoms in total. The van der Waals surface area contributed by atoms with Crippen LogP contribution in [0.2, 0.25) is 0 Å². The summed E-state index contributed by atoms with van der Waals surface area (Å²) in [6, 6.07) is 11.1. The van der Waals surface area contributed by atoms with Gasteiger partial charge >= 0.3 is 18.2 Å². The third-order valence-corrected chi connectivity index (χ3v) is 11.4. The fraction of sp³-hybridized carbons (Fsp3) is 0.514. The van der Waals surface area contributed by atoms with E-state index in [1.54, 1.807) is 25.7 Å². The van der Waals surface area contributed by atoms with Crippen LogP contribution in [0, 0.1) is 24.7 Å². The zero-order valence-electron chi connectivity index (χ0n) is 30.2. The van der Waals surface area contributed by atoms with Gasteiger partial charge in [-0.15, -0.1) is 0 Å². The molecule has 2 aliphatic carbocycles. The van der Waals surface area contributed by atoms with Crippen molar-refractivity contribution in [2.24, 2.45) is 10.8 Å². The minimum Gasteiger partial charge on any atom is -0.478 e. The van der Waals surface area contributed by atoms with Gasteiger partial charge in [-0.25, -0.2) is 27.7 Å². The summed E-state index contributed by atoms with van der Waals surface area (Å²) in [5.74, 6) is -1.73. The van der Waals surface area contributed by atoms with Gasteiger partial charge in [0.15, 0.2) is 0 Å². The summed E-state index contributed by atoms with van der Waals surface area (Å²) in [6.07, 6.45) is -3.57. The second-order valence-corrected chi connectivity index (χ2v) is 17.4. The lowest BCUT2D eigenvalue weighted by atomic mass is 9.60. The molecule has 6 rings (SSSR count). The quantitative estimate of drug-likeness (QED) is 0.181. The Hall–Kier alpha value is -4.44. The van der Waals surface area contributed by atoms with Gasteiger partial charge in [0.05, 0.1) is 21.6 Å². The Kier molecular flexibility index (Phi) is 9.94. The average molecular weight is 760 g/mol. The second kappa shape index (κ2) is 13.8.